The lowest BCUT2D eigenvalue weighted by Gasteiger charge is -2.11. The highest BCUT2D eigenvalue weighted by Gasteiger charge is 2.05. The molecule has 3 rings (SSSR count). The van der Waals surface area contributed by atoms with Gasteiger partial charge in [-0.2, -0.15) is 0 Å². The van der Waals surface area contributed by atoms with Crippen LogP contribution in [-0.4, -0.2) is 13.7 Å². The number of nitrogens with one attached hydrogen (secondary N) is 1. The van der Waals surface area contributed by atoms with Gasteiger partial charge >= 0.3 is 0 Å². The van der Waals surface area contributed by atoms with Crippen molar-refractivity contribution in [1.29, 1.82) is 0 Å². The monoisotopic (exact) mass is 309 g/mol. The van der Waals surface area contributed by atoms with Gasteiger partial charge in [0.05, 0.1) is 7.11 Å². The van der Waals surface area contributed by atoms with Crippen LogP contribution in [0.5, 0.6) is 5.75 Å². The van der Waals surface area contributed by atoms with Crippen molar-refractivity contribution in [2.75, 3.05) is 13.7 Å². The van der Waals surface area contributed by atoms with Crippen LogP contribution in [-0.2, 0) is 13.0 Å². The Morgan fingerprint density at radius 3 is 2.39 bits per heavy atom. The van der Waals surface area contributed by atoms with E-state index in [1.54, 1.807) is 7.11 Å². The largest absolute Gasteiger partial charge is 0.496 e. The first kappa shape index (κ1) is 15.5. The van der Waals surface area contributed by atoms with Gasteiger partial charge in [0, 0.05) is 11.9 Å². The summed E-state index contributed by atoms with van der Waals surface area (Å²) in [6.45, 7) is 1.65. The lowest BCUT2D eigenvalue weighted by Crippen LogP contribution is -2.16. The fourth-order valence-corrected chi connectivity index (χ4v) is 2.77. The predicted molar refractivity (Wildman–Crippen MR) is 92.3 cm³/mol. The Hall–Kier alpha value is -2.39. The van der Waals surface area contributed by atoms with Crippen LogP contribution in [0.3, 0.4) is 0 Å². The summed E-state index contributed by atoms with van der Waals surface area (Å²) in [5, 5.41) is 5.80. The first-order chi connectivity index (χ1) is 11.3. The zero-order chi connectivity index (χ0) is 16.1. The van der Waals surface area contributed by atoms with Crippen LogP contribution in [0.2, 0.25) is 0 Å². The summed E-state index contributed by atoms with van der Waals surface area (Å²) < 4.78 is 18.3. The Labute approximate surface area is 135 Å². The van der Waals surface area contributed by atoms with E-state index in [1.807, 2.05) is 30.3 Å². The lowest BCUT2D eigenvalue weighted by atomic mass is 10.0. The molecule has 0 saturated carbocycles. The molecule has 3 aromatic rings. The fraction of sp³-hybridized carbons (Fsp3) is 0.200. The number of hydrogen-bond donors (Lipinski definition) is 1. The third-order valence-electron chi connectivity index (χ3n) is 4.01. The quantitative estimate of drug-likeness (QED) is 0.685. The van der Waals surface area contributed by atoms with Crippen LogP contribution in [0.1, 0.15) is 11.1 Å². The van der Waals surface area contributed by atoms with E-state index in [1.165, 1.54) is 23.1 Å². The minimum absolute atomic E-state index is 0.189. The maximum atomic E-state index is 12.9. The Morgan fingerprint density at radius 1 is 0.913 bits per heavy atom. The van der Waals surface area contributed by atoms with Crippen molar-refractivity contribution in [3.05, 3.63) is 77.6 Å². The summed E-state index contributed by atoms with van der Waals surface area (Å²) in [6, 6.07) is 19.1. The van der Waals surface area contributed by atoms with Gasteiger partial charge in [-0.05, 0) is 47.7 Å². The number of methoxy groups -OCH3 is 1. The molecule has 0 unspecified atom stereocenters. The van der Waals surface area contributed by atoms with Gasteiger partial charge in [-0.1, -0.05) is 42.5 Å². The molecule has 2 nitrogen and oxygen atoms in total. The molecule has 0 aliphatic rings. The van der Waals surface area contributed by atoms with Crippen molar-refractivity contribution in [1.82, 2.24) is 5.32 Å². The molecule has 0 saturated heterocycles. The molecular formula is C20H20FNO. The van der Waals surface area contributed by atoms with Gasteiger partial charge < -0.3 is 10.1 Å². The summed E-state index contributed by atoms with van der Waals surface area (Å²) in [5.41, 5.74) is 2.39. The van der Waals surface area contributed by atoms with Crippen molar-refractivity contribution in [2.24, 2.45) is 0 Å². The molecule has 0 aromatic heterocycles. The smallest absolute Gasteiger partial charge is 0.126 e. The van der Waals surface area contributed by atoms with Crippen LogP contribution in [0.15, 0.2) is 60.7 Å². The minimum Gasteiger partial charge on any atom is -0.496 e. The molecule has 1 N–H and O–H groups in total. The standard InChI is InChI=1S/C20H20FNO/c1-23-20-11-8-16(18-4-2-3-5-19(18)20)14-22-13-12-15-6-9-17(21)10-7-15/h2-11,22H,12-14H2,1H3. The third-order valence-corrected chi connectivity index (χ3v) is 4.01. The van der Waals surface area contributed by atoms with Gasteiger partial charge in [-0.3, -0.25) is 0 Å². The van der Waals surface area contributed by atoms with Gasteiger partial charge in [0.15, 0.2) is 0 Å². The van der Waals surface area contributed by atoms with E-state index in [0.717, 1.165) is 36.2 Å². The molecule has 0 amide bonds. The zero-order valence-electron chi connectivity index (χ0n) is 13.2. The van der Waals surface area contributed by atoms with Gasteiger partial charge in [-0.25, -0.2) is 4.39 Å². The predicted octanol–water partition coefficient (Wildman–Crippen LogP) is 4.32. The number of benzene rings is 3. The number of ether oxygens (including phenoxy) is 1. The van der Waals surface area contributed by atoms with E-state index >= 15 is 0 Å². The molecule has 23 heavy (non-hydrogen) atoms. The number of rotatable bonds is 6. The molecule has 0 aliphatic heterocycles. The van der Waals surface area contributed by atoms with E-state index in [4.69, 9.17) is 4.74 Å². The second-order valence-electron chi connectivity index (χ2n) is 5.53. The third kappa shape index (κ3) is 3.69. The molecule has 0 bridgehead atoms. The SMILES string of the molecule is COc1ccc(CNCCc2ccc(F)cc2)c2ccccc12. The summed E-state index contributed by atoms with van der Waals surface area (Å²) in [7, 11) is 1.70. The van der Waals surface area contributed by atoms with Gasteiger partial charge in [0.25, 0.3) is 0 Å². The highest BCUT2D eigenvalue weighted by molar-refractivity contribution is 5.91. The normalized spacial score (nSPS) is 10.9. The van der Waals surface area contributed by atoms with Crippen LogP contribution in [0.4, 0.5) is 4.39 Å². The van der Waals surface area contributed by atoms with Crippen LogP contribution >= 0.6 is 0 Å². The van der Waals surface area contributed by atoms with E-state index < -0.39 is 0 Å². The maximum absolute atomic E-state index is 12.9. The van der Waals surface area contributed by atoms with E-state index in [9.17, 15) is 4.39 Å². The van der Waals surface area contributed by atoms with E-state index in [2.05, 4.69) is 23.5 Å². The molecule has 0 fully saturated rings. The average Bonchev–Trinajstić information content (AvgIpc) is 2.60. The van der Waals surface area contributed by atoms with E-state index in [-0.39, 0.29) is 5.82 Å². The second kappa shape index (κ2) is 7.25. The highest BCUT2D eigenvalue weighted by atomic mass is 19.1. The molecule has 3 aromatic carbocycles. The van der Waals surface area contributed by atoms with Crippen molar-refractivity contribution >= 4 is 10.8 Å². The van der Waals surface area contributed by atoms with E-state index in [0.29, 0.717) is 0 Å². The Bertz CT molecular complexity index is 783. The van der Waals surface area contributed by atoms with Crippen molar-refractivity contribution in [3.63, 3.8) is 0 Å². The average molecular weight is 309 g/mol. The molecular weight excluding hydrogens is 289 g/mol. The first-order valence-electron chi connectivity index (χ1n) is 7.77. The highest BCUT2D eigenvalue weighted by Crippen LogP contribution is 2.28. The Balaban J connectivity index is 1.64. The minimum atomic E-state index is -0.189. The van der Waals surface area contributed by atoms with Gasteiger partial charge in [0.1, 0.15) is 11.6 Å². The topological polar surface area (TPSA) is 21.3 Å². The number of halogens is 1. The maximum Gasteiger partial charge on any atom is 0.126 e. The number of hydrogen-bond acceptors (Lipinski definition) is 2. The van der Waals surface area contributed by atoms with Crippen LogP contribution in [0.25, 0.3) is 10.8 Å². The van der Waals surface area contributed by atoms with Crippen LogP contribution in [0, 0.1) is 5.82 Å². The van der Waals surface area contributed by atoms with Crippen molar-refractivity contribution in [2.45, 2.75) is 13.0 Å². The zero-order valence-corrected chi connectivity index (χ0v) is 13.2. The van der Waals surface area contributed by atoms with Crippen molar-refractivity contribution in [3.8, 4) is 5.75 Å². The summed E-state index contributed by atoms with van der Waals surface area (Å²) in [6.07, 6.45) is 0.883. The molecule has 0 spiro atoms. The molecule has 0 radical (unpaired) electrons. The Morgan fingerprint density at radius 2 is 1.65 bits per heavy atom. The van der Waals surface area contributed by atoms with Crippen molar-refractivity contribution < 1.29 is 9.13 Å². The van der Waals surface area contributed by atoms with Crippen LogP contribution < -0.4 is 10.1 Å². The molecule has 0 aliphatic carbocycles. The van der Waals surface area contributed by atoms with Gasteiger partial charge in [0.2, 0.25) is 0 Å². The molecule has 3 heteroatoms. The number of fused-ring (bicyclic) bond motifs is 1. The first-order valence-corrected chi connectivity index (χ1v) is 7.77. The molecule has 0 atom stereocenters. The molecule has 0 heterocycles. The summed E-state index contributed by atoms with van der Waals surface area (Å²) >= 11 is 0. The molecule has 118 valence electrons. The summed E-state index contributed by atoms with van der Waals surface area (Å²) in [5.74, 6) is 0.710. The van der Waals surface area contributed by atoms with Gasteiger partial charge in [-0.15, -0.1) is 0 Å². The second-order valence-corrected chi connectivity index (χ2v) is 5.53. The fourth-order valence-electron chi connectivity index (χ4n) is 2.77. The lowest BCUT2D eigenvalue weighted by molar-refractivity contribution is 0.419. The summed E-state index contributed by atoms with van der Waals surface area (Å²) in [4.78, 5) is 0. The Kier molecular flexibility index (Phi) is 4.89.